The van der Waals surface area contributed by atoms with Crippen LogP contribution in [0.15, 0.2) is 0 Å². The molecule has 0 saturated heterocycles. The first-order valence-electron chi connectivity index (χ1n) is 6.77. The molecule has 6 nitrogen and oxygen atoms in total. The van der Waals surface area contributed by atoms with Crippen molar-refractivity contribution in [3.63, 3.8) is 0 Å². The molecule has 1 rings (SSSR count). The fourth-order valence-electron chi connectivity index (χ4n) is 1.73. The van der Waals surface area contributed by atoms with E-state index in [9.17, 15) is 5.11 Å². The molecule has 0 fully saturated rings. The number of methoxy groups -OCH3 is 1. The Bertz CT molecular complexity index is 444. The molecule has 0 aliphatic rings. The van der Waals surface area contributed by atoms with E-state index < -0.39 is 6.10 Å². The Kier molecular flexibility index (Phi) is 5.71. The molecule has 6 heteroatoms. The van der Waals surface area contributed by atoms with Crippen LogP contribution in [0.1, 0.15) is 32.2 Å². The molecule has 1 unspecified atom stereocenters. The third kappa shape index (κ3) is 4.31. The lowest BCUT2D eigenvalue weighted by molar-refractivity contribution is 0.0727. The van der Waals surface area contributed by atoms with Crippen molar-refractivity contribution in [1.82, 2.24) is 9.97 Å². The molecule has 0 radical (unpaired) electrons. The smallest absolute Gasteiger partial charge is 0.138 e. The van der Waals surface area contributed by atoms with E-state index in [1.54, 1.807) is 7.11 Å². The molecular formula is C14H26N4O2. The summed E-state index contributed by atoms with van der Waals surface area (Å²) in [5, 5.41) is 16.0. The third-order valence-electron chi connectivity index (χ3n) is 2.92. The predicted molar refractivity (Wildman–Crippen MR) is 81.4 cm³/mol. The van der Waals surface area contributed by atoms with Gasteiger partial charge in [0.15, 0.2) is 0 Å². The summed E-state index contributed by atoms with van der Waals surface area (Å²) in [6.45, 7) is 8.84. The molecule has 1 atom stereocenters. The zero-order valence-electron chi connectivity index (χ0n) is 13.2. The summed E-state index contributed by atoms with van der Waals surface area (Å²) < 4.78 is 4.91. The van der Waals surface area contributed by atoms with E-state index in [4.69, 9.17) is 4.74 Å². The SMILES string of the molecule is CNc1nc(C(C)(C)C)nc(NCC(O)COC)c1C. The molecule has 1 heterocycles. The van der Waals surface area contributed by atoms with Gasteiger partial charge in [-0.15, -0.1) is 0 Å². The van der Waals surface area contributed by atoms with Crippen LogP contribution in [0.3, 0.4) is 0 Å². The molecule has 0 aliphatic carbocycles. The van der Waals surface area contributed by atoms with E-state index >= 15 is 0 Å². The number of nitrogens with one attached hydrogen (secondary N) is 2. The van der Waals surface area contributed by atoms with E-state index in [1.165, 1.54) is 0 Å². The summed E-state index contributed by atoms with van der Waals surface area (Å²) in [5.41, 5.74) is 0.797. The van der Waals surface area contributed by atoms with Crippen LogP contribution < -0.4 is 10.6 Å². The lowest BCUT2D eigenvalue weighted by Gasteiger charge is -2.21. The summed E-state index contributed by atoms with van der Waals surface area (Å²) in [5.74, 6) is 2.30. The zero-order chi connectivity index (χ0) is 15.3. The Morgan fingerprint density at radius 2 is 1.85 bits per heavy atom. The van der Waals surface area contributed by atoms with Crippen LogP contribution in [0, 0.1) is 6.92 Å². The minimum absolute atomic E-state index is 0.138. The van der Waals surface area contributed by atoms with E-state index in [1.807, 2.05) is 14.0 Å². The van der Waals surface area contributed by atoms with Crippen molar-refractivity contribution < 1.29 is 9.84 Å². The maximum atomic E-state index is 9.71. The molecular weight excluding hydrogens is 256 g/mol. The number of hydrogen-bond donors (Lipinski definition) is 3. The largest absolute Gasteiger partial charge is 0.389 e. The number of rotatable bonds is 6. The van der Waals surface area contributed by atoms with Crippen LogP contribution in [0.5, 0.6) is 0 Å². The summed E-state index contributed by atoms with van der Waals surface area (Å²) in [6.07, 6.45) is -0.564. The molecule has 0 saturated carbocycles. The van der Waals surface area contributed by atoms with Gasteiger partial charge in [0.05, 0.1) is 12.7 Å². The highest BCUT2D eigenvalue weighted by Gasteiger charge is 2.21. The van der Waals surface area contributed by atoms with Gasteiger partial charge in [0, 0.05) is 31.7 Å². The fourth-order valence-corrected chi connectivity index (χ4v) is 1.73. The number of ether oxygens (including phenoxy) is 1. The van der Waals surface area contributed by atoms with Gasteiger partial charge in [0.25, 0.3) is 0 Å². The Labute approximate surface area is 121 Å². The minimum atomic E-state index is -0.564. The standard InChI is InChI=1S/C14H26N4O2/c1-9-11(15-5)17-13(14(2,3)4)18-12(9)16-7-10(19)8-20-6/h10,19H,7-8H2,1-6H3,(H2,15,16,17,18). The van der Waals surface area contributed by atoms with Gasteiger partial charge in [-0.3, -0.25) is 0 Å². The molecule has 20 heavy (non-hydrogen) atoms. The van der Waals surface area contributed by atoms with Crippen LogP contribution in [0.25, 0.3) is 0 Å². The first kappa shape index (κ1) is 16.7. The second-order valence-corrected chi connectivity index (χ2v) is 5.86. The van der Waals surface area contributed by atoms with Gasteiger partial charge < -0.3 is 20.5 Å². The maximum absolute atomic E-state index is 9.71. The lowest BCUT2D eigenvalue weighted by atomic mass is 9.95. The molecule has 3 N–H and O–H groups in total. The molecule has 114 valence electrons. The van der Waals surface area contributed by atoms with Crippen molar-refractivity contribution in [2.75, 3.05) is 37.9 Å². The topological polar surface area (TPSA) is 79.3 Å². The van der Waals surface area contributed by atoms with Gasteiger partial charge in [-0.1, -0.05) is 20.8 Å². The van der Waals surface area contributed by atoms with Crippen molar-refractivity contribution in [2.24, 2.45) is 0 Å². The average molecular weight is 282 g/mol. The van der Waals surface area contributed by atoms with Crippen molar-refractivity contribution in [3.05, 3.63) is 11.4 Å². The number of hydrogen-bond acceptors (Lipinski definition) is 6. The van der Waals surface area contributed by atoms with Crippen LogP contribution in [-0.2, 0) is 10.2 Å². The van der Waals surface area contributed by atoms with Crippen molar-refractivity contribution in [2.45, 2.75) is 39.2 Å². The van der Waals surface area contributed by atoms with Gasteiger partial charge in [-0.2, -0.15) is 0 Å². The first-order chi connectivity index (χ1) is 9.29. The maximum Gasteiger partial charge on any atom is 0.138 e. The number of anilines is 2. The van der Waals surface area contributed by atoms with Gasteiger partial charge in [0.1, 0.15) is 17.5 Å². The van der Waals surface area contributed by atoms with Gasteiger partial charge in [-0.05, 0) is 6.92 Å². The Hall–Kier alpha value is -1.40. The minimum Gasteiger partial charge on any atom is -0.389 e. The molecule has 0 aromatic carbocycles. The van der Waals surface area contributed by atoms with Crippen LogP contribution >= 0.6 is 0 Å². The molecule has 0 aliphatic heterocycles. The second-order valence-electron chi connectivity index (χ2n) is 5.86. The fraction of sp³-hybridized carbons (Fsp3) is 0.714. The number of nitrogens with zero attached hydrogens (tertiary/aromatic N) is 2. The van der Waals surface area contributed by atoms with Crippen LogP contribution in [0.2, 0.25) is 0 Å². The van der Waals surface area contributed by atoms with Gasteiger partial charge in [0.2, 0.25) is 0 Å². The zero-order valence-corrected chi connectivity index (χ0v) is 13.2. The van der Waals surface area contributed by atoms with Crippen molar-refractivity contribution >= 4 is 11.6 Å². The molecule has 0 amide bonds. The summed E-state index contributed by atoms with van der Waals surface area (Å²) in [7, 11) is 3.40. The monoisotopic (exact) mass is 282 g/mol. The van der Waals surface area contributed by atoms with Crippen molar-refractivity contribution in [1.29, 1.82) is 0 Å². The van der Waals surface area contributed by atoms with Crippen LogP contribution in [-0.4, -0.2) is 48.5 Å². The van der Waals surface area contributed by atoms with Gasteiger partial charge in [-0.25, -0.2) is 9.97 Å². The predicted octanol–water partition coefficient (Wildman–Crippen LogP) is 1.54. The molecule has 0 bridgehead atoms. The molecule has 0 spiro atoms. The summed E-state index contributed by atoms with van der Waals surface area (Å²) in [6, 6.07) is 0. The number of aromatic nitrogens is 2. The van der Waals surface area contributed by atoms with E-state index in [0.29, 0.717) is 13.2 Å². The van der Waals surface area contributed by atoms with Gasteiger partial charge >= 0.3 is 0 Å². The lowest BCUT2D eigenvalue weighted by Crippen LogP contribution is -2.26. The van der Waals surface area contributed by atoms with E-state index in [0.717, 1.165) is 23.0 Å². The number of aliphatic hydroxyl groups is 1. The highest BCUT2D eigenvalue weighted by molar-refractivity contribution is 5.57. The molecule has 1 aromatic rings. The van der Waals surface area contributed by atoms with Crippen LogP contribution in [0.4, 0.5) is 11.6 Å². The number of aliphatic hydroxyl groups excluding tert-OH is 1. The Balaban J connectivity index is 2.99. The average Bonchev–Trinajstić information content (AvgIpc) is 2.36. The normalized spacial score (nSPS) is 13.2. The first-order valence-corrected chi connectivity index (χ1v) is 6.77. The Morgan fingerprint density at radius 3 is 2.35 bits per heavy atom. The quantitative estimate of drug-likeness (QED) is 0.734. The van der Waals surface area contributed by atoms with E-state index in [2.05, 4.69) is 41.4 Å². The summed E-state index contributed by atoms with van der Waals surface area (Å²) in [4.78, 5) is 9.11. The molecule has 1 aromatic heterocycles. The highest BCUT2D eigenvalue weighted by Crippen LogP contribution is 2.25. The van der Waals surface area contributed by atoms with Crippen molar-refractivity contribution in [3.8, 4) is 0 Å². The summed E-state index contributed by atoms with van der Waals surface area (Å²) >= 11 is 0. The Morgan fingerprint density at radius 1 is 1.25 bits per heavy atom. The van der Waals surface area contributed by atoms with E-state index in [-0.39, 0.29) is 5.41 Å². The highest BCUT2D eigenvalue weighted by atomic mass is 16.5. The second kappa shape index (κ2) is 6.85. The third-order valence-corrected chi connectivity index (χ3v) is 2.92.